The SMILES string of the molecule is Cc1cc(C)c(C(C)(C)C)cc1C(C)C(c1cc(C(C)(C)C)c(O)cc1C)c1cc(C(C)(C)C)c(O)cc1C. The van der Waals surface area contributed by atoms with Gasteiger partial charge in [0.05, 0.1) is 0 Å². The van der Waals surface area contributed by atoms with Gasteiger partial charge in [-0.3, -0.25) is 0 Å². The van der Waals surface area contributed by atoms with Crippen LogP contribution in [0.25, 0.3) is 0 Å². The van der Waals surface area contributed by atoms with E-state index in [0.717, 1.165) is 22.3 Å². The summed E-state index contributed by atoms with van der Waals surface area (Å²) in [5.74, 6) is 0.922. The van der Waals surface area contributed by atoms with Gasteiger partial charge >= 0.3 is 0 Å². The molecule has 0 aromatic heterocycles. The smallest absolute Gasteiger partial charge is 0.119 e. The molecule has 3 aromatic carbocycles. The van der Waals surface area contributed by atoms with Crippen molar-refractivity contribution in [3.8, 4) is 11.5 Å². The lowest BCUT2D eigenvalue weighted by Crippen LogP contribution is -2.20. The van der Waals surface area contributed by atoms with Crippen molar-refractivity contribution in [3.05, 3.63) is 92.0 Å². The average Bonchev–Trinajstić information content (AvgIpc) is 2.73. The van der Waals surface area contributed by atoms with Crippen molar-refractivity contribution in [2.45, 2.75) is 125 Å². The molecule has 0 amide bonds. The number of hydrogen-bond donors (Lipinski definition) is 2. The van der Waals surface area contributed by atoms with E-state index < -0.39 is 0 Å². The Kier molecular flexibility index (Phi) is 8.17. The summed E-state index contributed by atoms with van der Waals surface area (Å²) >= 11 is 0. The molecule has 3 rings (SSSR count). The van der Waals surface area contributed by atoms with Crippen LogP contribution < -0.4 is 0 Å². The van der Waals surface area contributed by atoms with E-state index in [2.05, 4.69) is 121 Å². The van der Waals surface area contributed by atoms with Crippen molar-refractivity contribution in [2.24, 2.45) is 0 Å². The highest BCUT2D eigenvalue weighted by Crippen LogP contribution is 2.47. The number of phenolic OH excluding ortho intramolecular Hbond substituents is 2. The summed E-state index contributed by atoms with van der Waals surface area (Å²) in [6.07, 6.45) is 0. The van der Waals surface area contributed by atoms with Gasteiger partial charge in [0, 0.05) is 5.92 Å². The normalized spacial score (nSPS) is 13.7. The minimum atomic E-state index is -0.194. The quantitative estimate of drug-likeness (QED) is 0.354. The fourth-order valence-electron chi connectivity index (χ4n) is 6.34. The molecule has 0 aliphatic rings. The molecule has 2 N–H and O–H groups in total. The van der Waals surface area contributed by atoms with Crippen molar-refractivity contribution < 1.29 is 10.2 Å². The third kappa shape index (κ3) is 6.21. The maximum atomic E-state index is 11.0. The summed E-state index contributed by atoms with van der Waals surface area (Å²) < 4.78 is 0. The lowest BCUT2D eigenvalue weighted by atomic mass is 9.70. The van der Waals surface area contributed by atoms with Crippen molar-refractivity contribution >= 4 is 0 Å². The zero-order valence-electron chi connectivity index (χ0n) is 27.0. The molecule has 0 spiro atoms. The first-order valence-corrected chi connectivity index (χ1v) is 14.4. The highest BCUT2D eigenvalue weighted by molar-refractivity contribution is 5.55. The molecule has 0 aliphatic heterocycles. The molecular weight excluding hydrogens is 476 g/mol. The molecule has 0 saturated carbocycles. The second-order valence-electron chi connectivity index (χ2n) is 15.0. The first kappa shape index (κ1) is 30.8. The van der Waals surface area contributed by atoms with Gasteiger partial charge in [-0.05, 0) is 118 Å². The summed E-state index contributed by atoms with van der Waals surface area (Å²) in [7, 11) is 0. The van der Waals surface area contributed by atoms with Crippen LogP contribution in [0.15, 0.2) is 36.4 Å². The van der Waals surface area contributed by atoms with Crippen LogP contribution in [0.3, 0.4) is 0 Å². The van der Waals surface area contributed by atoms with Crippen LogP contribution in [0, 0.1) is 27.7 Å². The fourth-order valence-corrected chi connectivity index (χ4v) is 6.34. The molecule has 2 heteroatoms. The van der Waals surface area contributed by atoms with Crippen LogP contribution in [-0.2, 0) is 16.2 Å². The Balaban J connectivity index is 2.44. The fraction of sp³-hybridized carbons (Fsp3) is 0.514. The van der Waals surface area contributed by atoms with Gasteiger partial charge in [0.15, 0.2) is 0 Å². The minimum absolute atomic E-state index is 0.0441. The lowest BCUT2D eigenvalue weighted by molar-refractivity contribution is 0.444. The van der Waals surface area contributed by atoms with Gasteiger partial charge in [-0.15, -0.1) is 0 Å². The summed E-state index contributed by atoms with van der Waals surface area (Å²) in [5, 5.41) is 21.9. The molecule has 0 heterocycles. The van der Waals surface area contributed by atoms with Crippen molar-refractivity contribution in [2.75, 3.05) is 0 Å². The van der Waals surface area contributed by atoms with Crippen LogP contribution in [0.2, 0.25) is 0 Å². The van der Waals surface area contributed by atoms with E-state index in [4.69, 9.17) is 0 Å². The first-order valence-electron chi connectivity index (χ1n) is 14.4. The van der Waals surface area contributed by atoms with Gasteiger partial charge in [-0.2, -0.15) is 0 Å². The van der Waals surface area contributed by atoms with Gasteiger partial charge < -0.3 is 10.2 Å². The predicted octanol–water partition coefficient (Wildman–Crippen LogP) is 10.2. The topological polar surface area (TPSA) is 40.5 Å². The molecule has 2 nitrogen and oxygen atoms in total. The van der Waals surface area contributed by atoms with Crippen molar-refractivity contribution in [1.82, 2.24) is 0 Å². The molecule has 1 atom stereocenters. The maximum absolute atomic E-state index is 11.0. The van der Waals surface area contributed by atoms with Gasteiger partial charge in [0.1, 0.15) is 11.5 Å². The van der Waals surface area contributed by atoms with E-state index in [1.54, 1.807) is 0 Å². The highest BCUT2D eigenvalue weighted by atomic mass is 16.3. The Morgan fingerprint density at radius 2 is 0.795 bits per heavy atom. The van der Waals surface area contributed by atoms with Crippen LogP contribution in [0.4, 0.5) is 0 Å². The van der Waals surface area contributed by atoms with E-state index in [1.807, 2.05) is 12.1 Å². The zero-order chi connectivity index (χ0) is 29.8. The number of hydrogen-bond acceptors (Lipinski definition) is 2. The third-order valence-corrected chi connectivity index (χ3v) is 8.47. The van der Waals surface area contributed by atoms with Crippen LogP contribution in [0.5, 0.6) is 11.5 Å². The minimum Gasteiger partial charge on any atom is -0.508 e. The predicted molar refractivity (Wildman–Crippen MR) is 168 cm³/mol. The zero-order valence-corrected chi connectivity index (χ0v) is 27.0. The summed E-state index contributed by atoms with van der Waals surface area (Å²) in [4.78, 5) is 0. The molecular formula is C37H52O2. The van der Waals surface area contributed by atoms with E-state index in [9.17, 15) is 10.2 Å². The molecule has 0 saturated heterocycles. The molecule has 0 radical (unpaired) electrons. The Morgan fingerprint density at radius 1 is 0.462 bits per heavy atom. The third-order valence-electron chi connectivity index (χ3n) is 8.47. The molecule has 0 aliphatic carbocycles. The van der Waals surface area contributed by atoms with Gasteiger partial charge in [-0.1, -0.05) is 93.5 Å². The first-order chi connectivity index (χ1) is 17.6. The number of rotatable bonds is 4. The van der Waals surface area contributed by atoms with Crippen molar-refractivity contribution in [1.29, 1.82) is 0 Å². The summed E-state index contributed by atoms with van der Waals surface area (Å²) in [6.45, 7) is 30.8. The van der Waals surface area contributed by atoms with E-state index in [-0.39, 0.29) is 28.1 Å². The van der Waals surface area contributed by atoms with Gasteiger partial charge in [-0.25, -0.2) is 0 Å². The molecule has 0 bridgehead atoms. The number of aryl methyl sites for hydroxylation is 4. The Bertz CT molecular complexity index is 1300. The molecule has 39 heavy (non-hydrogen) atoms. The van der Waals surface area contributed by atoms with E-state index in [1.165, 1.54) is 33.4 Å². The van der Waals surface area contributed by atoms with Gasteiger partial charge in [0.2, 0.25) is 0 Å². The summed E-state index contributed by atoms with van der Waals surface area (Å²) in [5.41, 5.74) is 11.6. The lowest BCUT2D eigenvalue weighted by Gasteiger charge is -2.34. The molecule has 3 aromatic rings. The van der Waals surface area contributed by atoms with E-state index in [0.29, 0.717) is 11.5 Å². The Morgan fingerprint density at radius 3 is 1.15 bits per heavy atom. The second kappa shape index (κ2) is 10.3. The largest absolute Gasteiger partial charge is 0.508 e. The second-order valence-corrected chi connectivity index (χ2v) is 15.0. The van der Waals surface area contributed by atoms with Crippen LogP contribution in [0.1, 0.15) is 137 Å². The van der Waals surface area contributed by atoms with Crippen molar-refractivity contribution in [3.63, 3.8) is 0 Å². The number of aromatic hydroxyl groups is 2. The van der Waals surface area contributed by atoms with E-state index >= 15 is 0 Å². The molecule has 1 unspecified atom stereocenters. The molecule has 0 fully saturated rings. The number of benzene rings is 3. The average molecular weight is 529 g/mol. The monoisotopic (exact) mass is 528 g/mol. The Labute approximate surface area is 238 Å². The van der Waals surface area contributed by atoms with Gasteiger partial charge in [0.25, 0.3) is 0 Å². The number of phenols is 2. The summed E-state index contributed by atoms with van der Waals surface area (Å²) in [6, 6.07) is 13.1. The highest BCUT2D eigenvalue weighted by Gasteiger charge is 2.32. The molecule has 212 valence electrons. The van der Waals surface area contributed by atoms with Crippen LogP contribution in [-0.4, -0.2) is 10.2 Å². The Hall–Kier alpha value is -2.74. The standard InChI is InChI=1S/C37H52O2/c1-21-15-24(4)29(35(6,7)8)18-26(21)25(5)34(27-19-30(36(9,10)11)32(38)16-22(27)2)28-20-31(37(12,13)14)33(39)17-23(28)3/h15-20,25,34,38-39H,1-14H3. The maximum Gasteiger partial charge on any atom is 0.119 e. The van der Waals surface area contributed by atoms with Crippen LogP contribution >= 0.6 is 0 Å².